The first-order chi connectivity index (χ1) is 12.5. The molecule has 7 heteroatoms. The van der Waals surface area contributed by atoms with Gasteiger partial charge in [-0.1, -0.05) is 6.07 Å². The third-order valence-electron chi connectivity index (χ3n) is 4.36. The number of carbonyl (C=O) groups is 2. The van der Waals surface area contributed by atoms with Crippen LogP contribution in [-0.4, -0.2) is 54.5 Å². The summed E-state index contributed by atoms with van der Waals surface area (Å²) in [6, 6.07) is 7.16. The first kappa shape index (κ1) is 17.7. The summed E-state index contributed by atoms with van der Waals surface area (Å²) in [5.41, 5.74) is 3.06. The van der Waals surface area contributed by atoms with Gasteiger partial charge in [-0.25, -0.2) is 4.79 Å². The molecule has 1 aromatic heterocycles. The highest BCUT2D eigenvalue weighted by atomic mass is 16.5. The maximum absolute atomic E-state index is 12.7. The number of benzene rings is 1. The normalized spacial score (nSPS) is 13.0. The number of hydrogen-bond donors (Lipinski definition) is 1. The highest BCUT2D eigenvalue weighted by Crippen LogP contribution is 2.24. The quantitative estimate of drug-likeness (QED) is 0.918. The number of hydrogen-bond acceptors (Lipinski definition) is 4. The molecule has 0 atom stereocenters. The molecule has 0 spiro atoms. The Bertz CT molecular complexity index is 835. The van der Waals surface area contributed by atoms with Gasteiger partial charge in [0.1, 0.15) is 5.75 Å². The van der Waals surface area contributed by atoms with E-state index in [2.05, 4.69) is 10.3 Å². The van der Waals surface area contributed by atoms with Crippen molar-refractivity contribution in [1.29, 1.82) is 0 Å². The predicted molar refractivity (Wildman–Crippen MR) is 98.4 cm³/mol. The number of urea groups is 1. The second kappa shape index (κ2) is 7.43. The van der Waals surface area contributed by atoms with E-state index in [-0.39, 0.29) is 11.9 Å². The molecule has 0 bridgehead atoms. The number of nitrogens with one attached hydrogen (secondary N) is 1. The van der Waals surface area contributed by atoms with Crippen molar-refractivity contribution in [2.24, 2.45) is 0 Å². The van der Waals surface area contributed by atoms with Crippen molar-refractivity contribution < 1.29 is 14.3 Å². The van der Waals surface area contributed by atoms with Gasteiger partial charge in [0.25, 0.3) is 5.91 Å². The Balaban J connectivity index is 1.81. The third-order valence-corrected chi connectivity index (χ3v) is 4.36. The zero-order chi connectivity index (χ0) is 18.7. The molecule has 0 saturated heterocycles. The van der Waals surface area contributed by atoms with E-state index < -0.39 is 0 Å². The molecular weight excluding hydrogens is 332 g/mol. The molecule has 1 aliphatic heterocycles. The number of ether oxygens (including phenoxy) is 1. The molecule has 1 N–H and O–H groups in total. The molecule has 0 unspecified atom stereocenters. The van der Waals surface area contributed by atoms with Gasteiger partial charge in [0.2, 0.25) is 0 Å². The molecule has 3 rings (SSSR count). The summed E-state index contributed by atoms with van der Waals surface area (Å²) >= 11 is 0. The van der Waals surface area contributed by atoms with E-state index in [1.165, 1.54) is 0 Å². The van der Waals surface area contributed by atoms with E-state index in [1.807, 2.05) is 12.1 Å². The standard InChI is InChI=1S/C19H22N4O3/c1-22(2)19(25)23-8-7-16-13(12-23)10-20-11-17(16)18(24)21-14-5-4-6-15(9-14)26-3/h4-6,9-11H,7-8,12H2,1-3H3,(H,21,24). The Morgan fingerprint density at radius 3 is 2.81 bits per heavy atom. The van der Waals surface area contributed by atoms with E-state index in [0.29, 0.717) is 36.5 Å². The summed E-state index contributed by atoms with van der Waals surface area (Å²) in [6.45, 7) is 1.03. The van der Waals surface area contributed by atoms with E-state index >= 15 is 0 Å². The fourth-order valence-electron chi connectivity index (χ4n) is 3.03. The average molecular weight is 354 g/mol. The van der Waals surface area contributed by atoms with Gasteiger partial charge >= 0.3 is 6.03 Å². The summed E-state index contributed by atoms with van der Waals surface area (Å²) in [5.74, 6) is 0.462. The van der Waals surface area contributed by atoms with Crippen LogP contribution in [0.5, 0.6) is 5.75 Å². The Morgan fingerprint density at radius 1 is 1.27 bits per heavy atom. The number of aromatic nitrogens is 1. The lowest BCUT2D eigenvalue weighted by Gasteiger charge is -2.31. The fourth-order valence-corrected chi connectivity index (χ4v) is 3.03. The molecule has 0 aliphatic carbocycles. The maximum atomic E-state index is 12.7. The van der Waals surface area contributed by atoms with Gasteiger partial charge in [0.15, 0.2) is 0 Å². The molecule has 3 amide bonds. The maximum Gasteiger partial charge on any atom is 0.319 e. The molecule has 26 heavy (non-hydrogen) atoms. The van der Waals surface area contributed by atoms with Crippen molar-refractivity contribution in [3.63, 3.8) is 0 Å². The molecule has 7 nitrogen and oxygen atoms in total. The lowest BCUT2D eigenvalue weighted by molar-refractivity contribution is 0.102. The largest absolute Gasteiger partial charge is 0.497 e. The van der Waals surface area contributed by atoms with Gasteiger partial charge in [-0.15, -0.1) is 0 Å². The molecule has 1 aromatic carbocycles. The second-order valence-corrected chi connectivity index (χ2v) is 6.36. The molecule has 136 valence electrons. The Morgan fingerprint density at radius 2 is 2.08 bits per heavy atom. The van der Waals surface area contributed by atoms with Crippen molar-refractivity contribution in [3.8, 4) is 5.75 Å². The number of nitrogens with zero attached hydrogens (tertiary/aromatic N) is 3. The highest BCUT2D eigenvalue weighted by Gasteiger charge is 2.25. The molecule has 0 fully saturated rings. The number of amides is 3. The number of anilines is 1. The molecule has 1 aliphatic rings. The summed E-state index contributed by atoms with van der Waals surface area (Å²) < 4.78 is 5.18. The monoisotopic (exact) mass is 354 g/mol. The van der Waals surface area contributed by atoms with Crippen molar-refractivity contribution in [1.82, 2.24) is 14.8 Å². The van der Waals surface area contributed by atoms with Crippen molar-refractivity contribution in [3.05, 3.63) is 53.3 Å². The van der Waals surface area contributed by atoms with E-state index in [0.717, 1.165) is 11.1 Å². The minimum atomic E-state index is -0.213. The van der Waals surface area contributed by atoms with Crippen LogP contribution in [0.3, 0.4) is 0 Å². The molecule has 2 aromatic rings. The van der Waals surface area contributed by atoms with Crippen LogP contribution in [0.2, 0.25) is 0 Å². The van der Waals surface area contributed by atoms with Crippen LogP contribution in [0.15, 0.2) is 36.7 Å². The lowest BCUT2D eigenvalue weighted by atomic mass is 9.97. The summed E-state index contributed by atoms with van der Waals surface area (Å²) in [5, 5.41) is 2.89. The van der Waals surface area contributed by atoms with Crippen LogP contribution >= 0.6 is 0 Å². The minimum absolute atomic E-state index is 0.0399. The number of fused-ring (bicyclic) bond motifs is 1. The van der Waals surface area contributed by atoms with Crippen LogP contribution < -0.4 is 10.1 Å². The van der Waals surface area contributed by atoms with Crippen LogP contribution in [0.1, 0.15) is 21.5 Å². The topological polar surface area (TPSA) is 74.8 Å². The van der Waals surface area contributed by atoms with E-state index in [1.54, 1.807) is 55.5 Å². The van der Waals surface area contributed by atoms with Gasteiger partial charge in [-0.2, -0.15) is 0 Å². The van der Waals surface area contributed by atoms with Crippen molar-refractivity contribution in [2.75, 3.05) is 33.1 Å². The van der Waals surface area contributed by atoms with E-state index in [4.69, 9.17) is 4.74 Å². The number of carbonyl (C=O) groups excluding carboxylic acids is 2. The average Bonchev–Trinajstić information content (AvgIpc) is 2.66. The summed E-state index contributed by atoms with van der Waals surface area (Å²) in [6.07, 6.45) is 3.93. The van der Waals surface area contributed by atoms with Crippen LogP contribution in [0, 0.1) is 0 Å². The highest BCUT2D eigenvalue weighted by molar-refractivity contribution is 6.05. The summed E-state index contributed by atoms with van der Waals surface area (Å²) in [4.78, 5) is 32.4. The molecule has 2 heterocycles. The first-order valence-corrected chi connectivity index (χ1v) is 8.37. The number of methoxy groups -OCH3 is 1. The second-order valence-electron chi connectivity index (χ2n) is 6.36. The van der Waals surface area contributed by atoms with Crippen LogP contribution in [-0.2, 0) is 13.0 Å². The Hall–Kier alpha value is -3.09. The van der Waals surface area contributed by atoms with Gasteiger partial charge in [-0.3, -0.25) is 9.78 Å². The molecule has 0 saturated carbocycles. The first-order valence-electron chi connectivity index (χ1n) is 8.37. The van der Waals surface area contributed by atoms with E-state index in [9.17, 15) is 9.59 Å². The van der Waals surface area contributed by atoms with Gasteiger partial charge < -0.3 is 19.9 Å². The molecular formula is C19H22N4O3. The zero-order valence-electron chi connectivity index (χ0n) is 15.2. The van der Waals surface area contributed by atoms with Gasteiger partial charge in [-0.05, 0) is 29.7 Å². The van der Waals surface area contributed by atoms with Crippen LogP contribution in [0.25, 0.3) is 0 Å². The van der Waals surface area contributed by atoms with Crippen molar-refractivity contribution >= 4 is 17.6 Å². The van der Waals surface area contributed by atoms with Crippen molar-refractivity contribution in [2.45, 2.75) is 13.0 Å². The minimum Gasteiger partial charge on any atom is -0.497 e. The predicted octanol–water partition coefficient (Wildman–Crippen LogP) is 2.38. The smallest absolute Gasteiger partial charge is 0.319 e. The Kier molecular flexibility index (Phi) is 5.06. The fraction of sp³-hybridized carbons (Fsp3) is 0.316. The number of pyridine rings is 1. The lowest BCUT2D eigenvalue weighted by Crippen LogP contribution is -2.42. The Labute approximate surface area is 152 Å². The van der Waals surface area contributed by atoms with Gasteiger partial charge in [0.05, 0.1) is 12.7 Å². The summed E-state index contributed by atoms with van der Waals surface area (Å²) in [7, 11) is 5.04. The molecule has 0 radical (unpaired) electrons. The zero-order valence-corrected chi connectivity index (χ0v) is 15.2. The third kappa shape index (κ3) is 3.61. The van der Waals surface area contributed by atoms with Crippen LogP contribution in [0.4, 0.5) is 10.5 Å². The SMILES string of the molecule is COc1cccc(NC(=O)c2cncc3c2CCN(C(=O)N(C)C)C3)c1. The van der Waals surface area contributed by atoms with Gasteiger partial charge in [0, 0.05) is 51.3 Å². The number of rotatable bonds is 3.